The van der Waals surface area contributed by atoms with E-state index in [-0.39, 0.29) is 29.5 Å². The van der Waals surface area contributed by atoms with Crippen LogP contribution >= 0.6 is 11.6 Å². The normalized spacial score (nSPS) is 16.7. The maximum Gasteiger partial charge on any atom is 0.267 e. The molecule has 1 atom stereocenters. The molecule has 218 valence electrons. The highest BCUT2D eigenvalue weighted by molar-refractivity contribution is 7.89. The van der Waals surface area contributed by atoms with Gasteiger partial charge in [-0.25, -0.2) is 22.5 Å². The molecule has 11 heteroatoms. The largest absolute Gasteiger partial charge is 0.493 e. The lowest BCUT2D eigenvalue weighted by Crippen LogP contribution is -2.51. The van der Waals surface area contributed by atoms with E-state index in [1.54, 1.807) is 6.20 Å². The van der Waals surface area contributed by atoms with Gasteiger partial charge in [-0.1, -0.05) is 41.9 Å². The fraction of sp³-hybridized carbons (Fsp3) is 0.400. The first-order valence-corrected chi connectivity index (χ1v) is 15.8. The van der Waals surface area contributed by atoms with E-state index in [2.05, 4.69) is 22.0 Å². The molecule has 1 aliphatic heterocycles. The van der Waals surface area contributed by atoms with Gasteiger partial charge in [0.1, 0.15) is 16.6 Å². The van der Waals surface area contributed by atoms with E-state index >= 15 is 0 Å². The van der Waals surface area contributed by atoms with E-state index in [1.165, 1.54) is 12.1 Å². The number of likely N-dealkylation sites (tertiary alicyclic amines) is 1. The molecule has 0 radical (unpaired) electrons. The quantitative estimate of drug-likeness (QED) is 0.317. The lowest BCUT2D eigenvalue weighted by atomic mass is 9.91. The first-order valence-electron chi connectivity index (χ1n) is 13.6. The van der Waals surface area contributed by atoms with Gasteiger partial charge in [0.15, 0.2) is 0 Å². The number of hydrogen-bond donors (Lipinski definition) is 1. The van der Waals surface area contributed by atoms with Gasteiger partial charge in [-0.2, -0.15) is 0 Å². The van der Waals surface area contributed by atoms with Crippen LogP contribution in [0.1, 0.15) is 65.7 Å². The number of ether oxygens (including phenoxy) is 2. The zero-order chi connectivity index (χ0) is 29.3. The van der Waals surface area contributed by atoms with Crippen molar-refractivity contribution in [3.63, 3.8) is 0 Å². The second-order valence-corrected chi connectivity index (χ2v) is 13.2. The molecule has 2 fully saturated rings. The van der Waals surface area contributed by atoms with Crippen LogP contribution in [0, 0.1) is 11.7 Å². The van der Waals surface area contributed by atoms with Crippen LogP contribution in [0.5, 0.6) is 11.6 Å². The number of nitrogens with zero attached hydrogens (tertiary/aromatic N) is 2. The second kappa shape index (κ2) is 12.0. The second-order valence-electron chi connectivity index (χ2n) is 11.0. The highest BCUT2D eigenvalue weighted by Gasteiger charge is 2.36. The Morgan fingerprint density at radius 2 is 1.85 bits per heavy atom. The first-order chi connectivity index (χ1) is 19.5. The van der Waals surface area contributed by atoms with E-state index in [0.29, 0.717) is 23.3 Å². The van der Waals surface area contributed by atoms with Gasteiger partial charge in [-0.15, -0.1) is 0 Å². The Balaban J connectivity index is 1.28. The molecule has 41 heavy (non-hydrogen) atoms. The van der Waals surface area contributed by atoms with E-state index < -0.39 is 21.7 Å². The number of benzene rings is 2. The monoisotopic (exact) mass is 601 g/mol. The lowest BCUT2D eigenvalue weighted by molar-refractivity contribution is 0.0374. The van der Waals surface area contributed by atoms with Crippen LogP contribution in [-0.2, 0) is 10.0 Å². The molecule has 1 amide bonds. The van der Waals surface area contributed by atoms with E-state index in [1.807, 2.05) is 42.8 Å². The summed E-state index contributed by atoms with van der Waals surface area (Å²) in [5.41, 5.74) is 2.50. The minimum Gasteiger partial charge on any atom is -0.493 e. The molecule has 0 bridgehead atoms. The fourth-order valence-corrected chi connectivity index (χ4v) is 5.76. The van der Waals surface area contributed by atoms with Crippen molar-refractivity contribution in [2.75, 3.05) is 26.0 Å². The fourth-order valence-electron chi connectivity index (χ4n) is 5.09. The highest BCUT2D eigenvalue weighted by Crippen LogP contribution is 2.45. The molecule has 5 rings (SSSR count). The van der Waals surface area contributed by atoms with E-state index in [0.717, 1.165) is 48.9 Å². The maximum absolute atomic E-state index is 14.9. The van der Waals surface area contributed by atoms with Gasteiger partial charge in [0, 0.05) is 31.3 Å². The number of hydrogen-bond acceptors (Lipinski definition) is 7. The molecular weight excluding hydrogens is 569 g/mol. The highest BCUT2D eigenvalue weighted by atomic mass is 35.5. The van der Waals surface area contributed by atoms with Crippen molar-refractivity contribution in [3.05, 3.63) is 87.8 Å². The van der Waals surface area contributed by atoms with Crippen molar-refractivity contribution < 1.29 is 27.1 Å². The predicted octanol–water partition coefficient (Wildman–Crippen LogP) is 5.33. The molecular formula is C30H33ClFN3O5S. The Morgan fingerprint density at radius 3 is 2.46 bits per heavy atom. The molecule has 3 aromatic rings. The molecule has 8 nitrogen and oxygen atoms in total. The van der Waals surface area contributed by atoms with Crippen molar-refractivity contribution in [2.24, 2.45) is 5.92 Å². The van der Waals surface area contributed by atoms with E-state index in [4.69, 9.17) is 21.1 Å². The molecule has 2 aromatic carbocycles. The van der Waals surface area contributed by atoms with Crippen LogP contribution in [0.2, 0.25) is 5.02 Å². The number of nitrogens with one attached hydrogen (secondary N) is 1. The van der Waals surface area contributed by atoms with Gasteiger partial charge in [0.2, 0.25) is 15.9 Å². The number of pyridine rings is 1. The third-order valence-electron chi connectivity index (χ3n) is 7.07. The molecule has 2 heterocycles. The molecule has 1 aromatic heterocycles. The lowest BCUT2D eigenvalue weighted by Gasteiger charge is -2.44. The van der Waals surface area contributed by atoms with Crippen molar-refractivity contribution in [3.8, 4) is 11.6 Å². The number of aromatic nitrogens is 1. The number of carbonyl (C=O) groups is 1. The average Bonchev–Trinajstić information content (AvgIpc) is 3.71. The Labute approximate surface area is 244 Å². The van der Waals surface area contributed by atoms with E-state index in [9.17, 15) is 17.6 Å². The molecule has 1 N–H and O–H groups in total. The molecule has 1 aliphatic carbocycles. The molecule has 0 unspecified atom stereocenters. The molecule has 0 spiro atoms. The topological polar surface area (TPSA) is 97.8 Å². The minimum absolute atomic E-state index is 0.0401. The van der Waals surface area contributed by atoms with Gasteiger partial charge < -0.3 is 9.47 Å². The van der Waals surface area contributed by atoms with Crippen LogP contribution in [0.15, 0.2) is 54.7 Å². The van der Waals surface area contributed by atoms with Crippen molar-refractivity contribution in [1.29, 1.82) is 0 Å². The van der Waals surface area contributed by atoms with Gasteiger partial charge in [0.25, 0.3) is 5.91 Å². The van der Waals surface area contributed by atoms with Crippen LogP contribution in [0.3, 0.4) is 0 Å². The Kier molecular flexibility index (Phi) is 8.54. The van der Waals surface area contributed by atoms with Gasteiger partial charge in [0.05, 0.1) is 30.6 Å². The number of halogens is 2. The van der Waals surface area contributed by atoms with Crippen molar-refractivity contribution in [1.82, 2.24) is 14.6 Å². The average molecular weight is 602 g/mol. The standard InChI is InChI=1S/C30H33ClFN3O5S/c1-18(2)40-30-25(31)11-22(14-33-30)28(21-7-5-4-6-8-21)35-15-19(16-35)17-39-27-13-26(32)24(12-23(27)20-9-10-20)29(36)34-41(3,37)38/h4-8,11-14,18-20,28H,9-10,15-17H2,1-3H3,(H,34,36)/t28-/m0/s1. The summed E-state index contributed by atoms with van der Waals surface area (Å²) in [6, 6.07) is 14.6. The zero-order valence-corrected chi connectivity index (χ0v) is 24.7. The summed E-state index contributed by atoms with van der Waals surface area (Å²) in [4.78, 5) is 19.1. The maximum atomic E-state index is 14.9. The van der Waals surface area contributed by atoms with Crippen LogP contribution < -0.4 is 14.2 Å². The van der Waals surface area contributed by atoms with Crippen LogP contribution in [0.25, 0.3) is 0 Å². The Bertz CT molecular complexity index is 1530. The van der Waals surface area contributed by atoms with Gasteiger partial charge in [-0.05, 0) is 61.4 Å². The molecule has 1 saturated carbocycles. The Hall–Kier alpha value is -3.21. The van der Waals surface area contributed by atoms with Gasteiger partial charge in [-0.3, -0.25) is 9.69 Å². The van der Waals surface area contributed by atoms with Gasteiger partial charge >= 0.3 is 0 Å². The summed E-state index contributed by atoms with van der Waals surface area (Å²) >= 11 is 6.53. The SMILES string of the molecule is CC(C)Oc1ncc([C@H](c2ccccc2)N2CC(COc3cc(F)c(C(=O)NS(C)(=O)=O)cc3C3CC3)C2)cc1Cl. The number of carbonyl (C=O) groups excluding carboxylic acids is 1. The van der Waals surface area contributed by atoms with Crippen LogP contribution in [-0.4, -0.2) is 56.3 Å². The Morgan fingerprint density at radius 1 is 1.15 bits per heavy atom. The number of rotatable bonds is 11. The minimum atomic E-state index is -3.81. The summed E-state index contributed by atoms with van der Waals surface area (Å²) in [6.45, 7) is 5.72. The third-order valence-corrected chi connectivity index (χ3v) is 7.90. The summed E-state index contributed by atoms with van der Waals surface area (Å²) in [5, 5.41) is 0.459. The van der Waals surface area contributed by atoms with Crippen molar-refractivity contribution in [2.45, 2.75) is 44.8 Å². The molecule has 2 aliphatic rings. The smallest absolute Gasteiger partial charge is 0.267 e. The first kappa shape index (κ1) is 29.3. The summed E-state index contributed by atoms with van der Waals surface area (Å²) in [7, 11) is -3.81. The van der Waals surface area contributed by atoms with Crippen molar-refractivity contribution >= 4 is 27.5 Å². The number of amides is 1. The zero-order valence-electron chi connectivity index (χ0n) is 23.1. The summed E-state index contributed by atoms with van der Waals surface area (Å²) in [6.07, 6.45) is 4.43. The molecule has 1 saturated heterocycles. The predicted molar refractivity (Wildman–Crippen MR) is 155 cm³/mol. The summed E-state index contributed by atoms with van der Waals surface area (Å²) in [5.74, 6) is -0.633. The number of sulfonamides is 1. The summed E-state index contributed by atoms with van der Waals surface area (Å²) < 4.78 is 51.4. The van der Waals surface area contributed by atoms with Crippen LogP contribution in [0.4, 0.5) is 4.39 Å². The third kappa shape index (κ3) is 7.17.